The topological polar surface area (TPSA) is 40.5 Å². The SMILES string of the molecule is CC(C)N1CCC(CC(=O)O)C(F)C1. The third-order valence-corrected chi connectivity index (χ3v) is 2.87. The Hall–Kier alpha value is -0.640. The minimum atomic E-state index is -0.984. The fourth-order valence-electron chi connectivity index (χ4n) is 1.90. The summed E-state index contributed by atoms with van der Waals surface area (Å²) in [6.07, 6.45) is -0.360. The first-order valence-corrected chi connectivity index (χ1v) is 5.10. The molecule has 0 radical (unpaired) electrons. The fraction of sp³-hybridized carbons (Fsp3) is 0.900. The van der Waals surface area contributed by atoms with Crippen LogP contribution in [0, 0.1) is 5.92 Å². The highest BCUT2D eigenvalue weighted by atomic mass is 19.1. The summed E-state index contributed by atoms with van der Waals surface area (Å²) in [6, 6.07) is 0.346. The molecule has 0 aromatic rings. The molecule has 3 nitrogen and oxygen atoms in total. The largest absolute Gasteiger partial charge is 0.481 e. The van der Waals surface area contributed by atoms with Gasteiger partial charge in [0.15, 0.2) is 0 Å². The fourth-order valence-corrected chi connectivity index (χ4v) is 1.90. The van der Waals surface area contributed by atoms with Crippen LogP contribution >= 0.6 is 0 Å². The van der Waals surface area contributed by atoms with Crippen LogP contribution in [0.4, 0.5) is 4.39 Å². The average molecular weight is 203 g/mol. The molecule has 0 aliphatic carbocycles. The van der Waals surface area contributed by atoms with Crippen molar-refractivity contribution in [3.05, 3.63) is 0 Å². The molecular formula is C10H18FNO2. The van der Waals surface area contributed by atoms with Gasteiger partial charge in [0.1, 0.15) is 6.17 Å². The summed E-state index contributed by atoms with van der Waals surface area (Å²) >= 11 is 0. The number of nitrogens with zero attached hydrogens (tertiary/aromatic N) is 1. The van der Waals surface area contributed by atoms with Crippen LogP contribution in [0.15, 0.2) is 0 Å². The van der Waals surface area contributed by atoms with E-state index in [-0.39, 0.29) is 12.3 Å². The highest BCUT2D eigenvalue weighted by molar-refractivity contribution is 5.67. The van der Waals surface area contributed by atoms with Crippen LogP contribution in [0.1, 0.15) is 26.7 Å². The highest BCUT2D eigenvalue weighted by Gasteiger charge is 2.31. The molecule has 1 rings (SSSR count). The Morgan fingerprint density at radius 3 is 2.71 bits per heavy atom. The van der Waals surface area contributed by atoms with E-state index in [4.69, 9.17) is 5.11 Å². The molecule has 14 heavy (non-hydrogen) atoms. The van der Waals surface area contributed by atoms with Crippen molar-refractivity contribution >= 4 is 5.97 Å². The van der Waals surface area contributed by atoms with Crippen molar-refractivity contribution in [2.75, 3.05) is 13.1 Å². The number of alkyl halides is 1. The molecule has 2 unspecified atom stereocenters. The lowest BCUT2D eigenvalue weighted by molar-refractivity contribution is -0.139. The summed E-state index contributed by atoms with van der Waals surface area (Å²) in [5, 5.41) is 8.58. The van der Waals surface area contributed by atoms with Gasteiger partial charge in [-0.15, -0.1) is 0 Å². The van der Waals surface area contributed by atoms with Crippen LogP contribution in [0.25, 0.3) is 0 Å². The van der Waals surface area contributed by atoms with E-state index in [0.29, 0.717) is 19.0 Å². The lowest BCUT2D eigenvalue weighted by Gasteiger charge is -2.36. The molecule has 0 amide bonds. The minimum absolute atomic E-state index is 0.0346. The van der Waals surface area contributed by atoms with Gasteiger partial charge in [-0.05, 0) is 26.8 Å². The van der Waals surface area contributed by atoms with Gasteiger partial charge in [-0.3, -0.25) is 9.69 Å². The summed E-state index contributed by atoms with van der Waals surface area (Å²) in [5.41, 5.74) is 0. The van der Waals surface area contributed by atoms with Gasteiger partial charge in [0.05, 0.1) is 6.42 Å². The van der Waals surface area contributed by atoms with Gasteiger partial charge >= 0.3 is 5.97 Å². The standard InChI is InChI=1S/C10H18FNO2/c1-7(2)12-4-3-8(5-10(13)14)9(11)6-12/h7-9H,3-6H2,1-2H3,(H,13,14). The maximum absolute atomic E-state index is 13.5. The first kappa shape index (κ1) is 11.4. The van der Waals surface area contributed by atoms with Crippen molar-refractivity contribution in [1.29, 1.82) is 0 Å². The van der Waals surface area contributed by atoms with Gasteiger partial charge in [0.2, 0.25) is 0 Å². The number of rotatable bonds is 3. The molecule has 1 aliphatic heterocycles. The zero-order valence-corrected chi connectivity index (χ0v) is 8.74. The minimum Gasteiger partial charge on any atom is -0.481 e. The summed E-state index contributed by atoms with van der Waals surface area (Å²) in [4.78, 5) is 12.5. The maximum atomic E-state index is 13.5. The summed E-state index contributed by atoms with van der Waals surface area (Å²) < 4.78 is 13.5. The van der Waals surface area contributed by atoms with Crippen LogP contribution in [-0.2, 0) is 4.79 Å². The molecule has 1 fully saturated rings. The normalized spacial score (nSPS) is 29.4. The molecule has 1 N–H and O–H groups in total. The molecule has 0 spiro atoms. The third kappa shape index (κ3) is 2.94. The predicted molar refractivity (Wildman–Crippen MR) is 52.0 cm³/mol. The smallest absolute Gasteiger partial charge is 0.303 e. The molecule has 82 valence electrons. The Labute approximate surface area is 83.9 Å². The second kappa shape index (κ2) is 4.73. The van der Waals surface area contributed by atoms with Crippen molar-refractivity contribution in [3.8, 4) is 0 Å². The van der Waals surface area contributed by atoms with E-state index in [1.165, 1.54) is 0 Å². The number of carboxylic acid groups (broad SMARTS) is 1. The lowest BCUT2D eigenvalue weighted by Crippen LogP contribution is -2.45. The van der Waals surface area contributed by atoms with Crippen LogP contribution in [0.3, 0.4) is 0 Å². The van der Waals surface area contributed by atoms with Crippen LogP contribution in [0.2, 0.25) is 0 Å². The van der Waals surface area contributed by atoms with E-state index >= 15 is 0 Å². The number of carboxylic acids is 1. The van der Waals surface area contributed by atoms with E-state index in [0.717, 1.165) is 6.54 Å². The molecule has 1 aliphatic rings. The maximum Gasteiger partial charge on any atom is 0.303 e. The van der Waals surface area contributed by atoms with Gasteiger partial charge in [0, 0.05) is 18.5 Å². The summed E-state index contributed by atoms with van der Waals surface area (Å²) in [7, 11) is 0. The second-order valence-electron chi connectivity index (χ2n) is 4.25. The number of hydrogen-bond acceptors (Lipinski definition) is 2. The zero-order chi connectivity index (χ0) is 10.7. The van der Waals surface area contributed by atoms with Crippen molar-refractivity contribution in [2.24, 2.45) is 5.92 Å². The molecule has 0 aromatic carbocycles. The Morgan fingerprint density at radius 1 is 1.64 bits per heavy atom. The third-order valence-electron chi connectivity index (χ3n) is 2.87. The summed E-state index contributed by atoms with van der Waals surface area (Å²) in [6.45, 7) is 5.26. The predicted octanol–water partition coefficient (Wildman–Crippen LogP) is 1.53. The Kier molecular flexibility index (Phi) is 3.86. The Morgan fingerprint density at radius 2 is 2.29 bits per heavy atom. The molecule has 0 aromatic heterocycles. The number of likely N-dealkylation sites (tertiary alicyclic amines) is 1. The van der Waals surface area contributed by atoms with Crippen molar-refractivity contribution < 1.29 is 14.3 Å². The first-order chi connectivity index (χ1) is 6.50. The van der Waals surface area contributed by atoms with Gasteiger partial charge < -0.3 is 5.11 Å². The first-order valence-electron chi connectivity index (χ1n) is 5.10. The Balaban J connectivity index is 2.43. The lowest BCUT2D eigenvalue weighted by atomic mass is 9.91. The molecule has 1 heterocycles. The van der Waals surface area contributed by atoms with Gasteiger partial charge in [-0.2, -0.15) is 0 Å². The van der Waals surface area contributed by atoms with Crippen molar-refractivity contribution in [2.45, 2.75) is 38.9 Å². The number of halogens is 1. The molecule has 0 bridgehead atoms. The van der Waals surface area contributed by atoms with Crippen molar-refractivity contribution in [1.82, 2.24) is 4.90 Å². The van der Waals surface area contributed by atoms with E-state index in [9.17, 15) is 9.18 Å². The molecule has 0 saturated carbocycles. The van der Waals surface area contributed by atoms with Gasteiger partial charge in [-0.1, -0.05) is 0 Å². The summed E-state index contributed by atoms with van der Waals surface area (Å²) in [5.74, 6) is -1.18. The van der Waals surface area contributed by atoms with Crippen LogP contribution in [-0.4, -0.2) is 41.3 Å². The number of carbonyl (C=O) groups is 1. The monoisotopic (exact) mass is 203 g/mol. The number of aliphatic carboxylic acids is 1. The molecule has 1 saturated heterocycles. The van der Waals surface area contributed by atoms with E-state index in [1.807, 2.05) is 13.8 Å². The van der Waals surface area contributed by atoms with E-state index < -0.39 is 12.1 Å². The Bertz CT molecular complexity index is 208. The number of piperidine rings is 1. The van der Waals surface area contributed by atoms with Gasteiger partial charge in [0.25, 0.3) is 0 Å². The number of hydrogen-bond donors (Lipinski definition) is 1. The second-order valence-corrected chi connectivity index (χ2v) is 4.25. The quantitative estimate of drug-likeness (QED) is 0.756. The zero-order valence-electron chi connectivity index (χ0n) is 8.74. The van der Waals surface area contributed by atoms with Gasteiger partial charge in [-0.25, -0.2) is 4.39 Å². The molecular weight excluding hydrogens is 185 g/mol. The van der Waals surface area contributed by atoms with Crippen molar-refractivity contribution in [3.63, 3.8) is 0 Å². The van der Waals surface area contributed by atoms with E-state index in [1.54, 1.807) is 0 Å². The van der Waals surface area contributed by atoms with Crippen LogP contribution < -0.4 is 0 Å². The molecule has 4 heteroatoms. The van der Waals surface area contributed by atoms with Crippen LogP contribution in [0.5, 0.6) is 0 Å². The molecule has 2 atom stereocenters. The van der Waals surface area contributed by atoms with E-state index in [2.05, 4.69) is 4.90 Å². The highest BCUT2D eigenvalue weighted by Crippen LogP contribution is 2.24. The average Bonchev–Trinajstić information content (AvgIpc) is 2.07.